The molecule has 0 fully saturated rings. The van der Waals surface area contributed by atoms with E-state index in [1.54, 1.807) is 6.20 Å². The first kappa shape index (κ1) is 13.9. The largest absolute Gasteiger partial charge is 0.348 e. The van der Waals surface area contributed by atoms with Crippen LogP contribution in [0.3, 0.4) is 0 Å². The monoisotopic (exact) mass is 304 g/mol. The minimum Gasteiger partial charge on any atom is -0.348 e. The molecule has 6 heteroatoms. The number of amides is 2. The van der Waals surface area contributed by atoms with Gasteiger partial charge in [-0.05, 0) is 23.8 Å². The molecule has 2 aromatic heterocycles. The van der Waals surface area contributed by atoms with Crippen LogP contribution in [0.1, 0.15) is 17.3 Å². The van der Waals surface area contributed by atoms with Gasteiger partial charge in [-0.25, -0.2) is 4.79 Å². The van der Waals surface area contributed by atoms with E-state index >= 15 is 0 Å². The Kier molecular flexibility index (Phi) is 4.10. The van der Waals surface area contributed by atoms with Gasteiger partial charge in [-0.2, -0.15) is 0 Å². The van der Waals surface area contributed by atoms with Gasteiger partial charge in [-0.1, -0.05) is 6.07 Å². The Morgan fingerprint density at radius 3 is 3.05 bits per heavy atom. The third-order valence-electron chi connectivity index (χ3n) is 3.67. The summed E-state index contributed by atoms with van der Waals surface area (Å²) in [6, 6.07) is 7.76. The third-order valence-corrected chi connectivity index (χ3v) is 3.86. The molecule has 2 amide bonds. The number of aromatic nitrogens is 2. The summed E-state index contributed by atoms with van der Waals surface area (Å²) < 4.78 is 2.18. The fourth-order valence-electron chi connectivity index (χ4n) is 2.75. The van der Waals surface area contributed by atoms with Gasteiger partial charge in [-0.15, -0.1) is 11.6 Å². The molecule has 1 N–H and O–H groups in total. The molecule has 0 spiro atoms. The highest BCUT2D eigenvalue weighted by atomic mass is 35.5. The van der Waals surface area contributed by atoms with Gasteiger partial charge in [0.1, 0.15) is 6.04 Å². The van der Waals surface area contributed by atoms with Crippen LogP contribution >= 0.6 is 11.6 Å². The summed E-state index contributed by atoms with van der Waals surface area (Å²) in [6.07, 6.45) is 5.60. The van der Waals surface area contributed by atoms with Gasteiger partial charge in [-0.3, -0.25) is 4.98 Å². The first-order valence-corrected chi connectivity index (χ1v) is 7.50. The number of halogens is 1. The van der Waals surface area contributed by atoms with Crippen LogP contribution in [0.15, 0.2) is 42.9 Å². The molecule has 3 rings (SSSR count). The number of rotatable bonds is 3. The zero-order chi connectivity index (χ0) is 14.7. The molecule has 2 aromatic rings. The molecule has 0 saturated heterocycles. The lowest BCUT2D eigenvalue weighted by Gasteiger charge is -2.37. The van der Waals surface area contributed by atoms with Gasteiger partial charge in [0.2, 0.25) is 0 Å². The number of nitrogens with zero attached hydrogens (tertiary/aromatic N) is 3. The van der Waals surface area contributed by atoms with Crippen molar-refractivity contribution in [3.05, 3.63) is 54.1 Å². The van der Waals surface area contributed by atoms with Crippen LogP contribution in [-0.2, 0) is 6.54 Å². The predicted octanol–water partition coefficient (Wildman–Crippen LogP) is 2.24. The van der Waals surface area contributed by atoms with E-state index in [-0.39, 0.29) is 12.1 Å². The van der Waals surface area contributed by atoms with E-state index in [9.17, 15) is 4.79 Å². The number of hydrogen-bond acceptors (Lipinski definition) is 2. The summed E-state index contributed by atoms with van der Waals surface area (Å²) in [7, 11) is 0. The molecule has 1 aliphatic heterocycles. The van der Waals surface area contributed by atoms with Crippen molar-refractivity contribution < 1.29 is 4.79 Å². The van der Waals surface area contributed by atoms with Crippen molar-refractivity contribution in [1.82, 2.24) is 19.8 Å². The number of carbonyl (C=O) groups excluding carboxylic acids is 1. The first-order chi connectivity index (χ1) is 10.3. The van der Waals surface area contributed by atoms with Crippen molar-refractivity contribution in [2.75, 3.05) is 19.0 Å². The Hall–Kier alpha value is -2.01. The number of urea groups is 1. The average molecular weight is 305 g/mol. The standard InChI is InChI=1S/C15H17ClN4O/c16-5-7-18-15(21)20-10-9-19-8-2-4-13(19)14(20)12-3-1-6-17-11-12/h1-4,6,8,11,14H,5,7,9-10H2,(H,18,21). The van der Waals surface area contributed by atoms with Crippen LogP contribution in [0.4, 0.5) is 4.79 Å². The molecule has 3 heterocycles. The molecule has 5 nitrogen and oxygen atoms in total. The van der Waals surface area contributed by atoms with Crippen molar-refractivity contribution in [2.24, 2.45) is 0 Å². The zero-order valence-electron chi connectivity index (χ0n) is 11.6. The second-order valence-corrected chi connectivity index (χ2v) is 5.31. The van der Waals surface area contributed by atoms with E-state index in [4.69, 9.17) is 11.6 Å². The smallest absolute Gasteiger partial charge is 0.318 e. The number of nitrogens with one attached hydrogen (secondary N) is 1. The van der Waals surface area contributed by atoms with Crippen molar-refractivity contribution in [3.8, 4) is 0 Å². The number of pyridine rings is 1. The fourth-order valence-corrected chi connectivity index (χ4v) is 2.84. The van der Waals surface area contributed by atoms with Crippen LogP contribution < -0.4 is 5.32 Å². The highest BCUT2D eigenvalue weighted by Crippen LogP contribution is 2.31. The maximum absolute atomic E-state index is 12.4. The lowest BCUT2D eigenvalue weighted by atomic mass is 10.0. The Morgan fingerprint density at radius 2 is 2.29 bits per heavy atom. The van der Waals surface area contributed by atoms with E-state index in [0.717, 1.165) is 17.8 Å². The summed E-state index contributed by atoms with van der Waals surface area (Å²) in [5.41, 5.74) is 2.12. The number of carbonyl (C=O) groups is 1. The molecule has 0 saturated carbocycles. The van der Waals surface area contributed by atoms with Crippen LogP contribution in [-0.4, -0.2) is 39.5 Å². The van der Waals surface area contributed by atoms with E-state index in [0.29, 0.717) is 19.0 Å². The number of hydrogen-bond donors (Lipinski definition) is 1. The van der Waals surface area contributed by atoms with Crippen molar-refractivity contribution >= 4 is 17.6 Å². The topological polar surface area (TPSA) is 50.2 Å². The molecule has 1 atom stereocenters. The Balaban J connectivity index is 1.95. The molecule has 0 radical (unpaired) electrons. The molecule has 1 unspecified atom stereocenters. The molecule has 21 heavy (non-hydrogen) atoms. The minimum atomic E-state index is -0.113. The lowest BCUT2D eigenvalue weighted by molar-refractivity contribution is 0.169. The molecule has 1 aliphatic rings. The number of fused-ring (bicyclic) bond motifs is 1. The highest BCUT2D eigenvalue weighted by molar-refractivity contribution is 6.18. The SMILES string of the molecule is O=C(NCCCl)N1CCn2cccc2C1c1cccnc1. The van der Waals surface area contributed by atoms with E-state index in [1.807, 2.05) is 35.5 Å². The van der Waals surface area contributed by atoms with Crippen LogP contribution in [0.25, 0.3) is 0 Å². The van der Waals surface area contributed by atoms with E-state index in [1.165, 1.54) is 0 Å². The van der Waals surface area contributed by atoms with Crippen LogP contribution in [0.5, 0.6) is 0 Å². The maximum atomic E-state index is 12.4. The highest BCUT2D eigenvalue weighted by Gasteiger charge is 2.31. The summed E-state index contributed by atoms with van der Waals surface area (Å²) >= 11 is 5.65. The van der Waals surface area contributed by atoms with Gasteiger partial charge < -0.3 is 14.8 Å². The average Bonchev–Trinajstić information content (AvgIpc) is 3.01. The fraction of sp³-hybridized carbons (Fsp3) is 0.333. The van der Waals surface area contributed by atoms with Crippen LogP contribution in [0, 0.1) is 0 Å². The van der Waals surface area contributed by atoms with Gasteiger partial charge in [0.15, 0.2) is 0 Å². The summed E-state index contributed by atoms with van der Waals surface area (Å²) in [4.78, 5) is 18.4. The maximum Gasteiger partial charge on any atom is 0.318 e. The minimum absolute atomic E-state index is 0.0862. The van der Waals surface area contributed by atoms with Gasteiger partial charge in [0.25, 0.3) is 0 Å². The normalized spacial score (nSPS) is 17.4. The Morgan fingerprint density at radius 1 is 1.38 bits per heavy atom. The Labute approximate surface area is 128 Å². The first-order valence-electron chi connectivity index (χ1n) is 6.96. The van der Waals surface area contributed by atoms with Crippen molar-refractivity contribution in [2.45, 2.75) is 12.6 Å². The molecule has 0 bridgehead atoms. The molecular formula is C15H17ClN4O. The van der Waals surface area contributed by atoms with Crippen molar-refractivity contribution in [3.63, 3.8) is 0 Å². The van der Waals surface area contributed by atoms with Crippen molar-refractivity contribution in [1.29, 1.82) is 0 Å². The lowest BCUT2D eigenvalue weighted by Crippen LogP contribution is -2.47. The second kappa shape index (κ2) is 6.18. The van der Waals surface area contributed by atoms with E-state index < -0.39 is 0 Å². The molecule has 110 valence electrons. The predicted molar refractivity (Wildman–Crippen MR) is 81.3 cm³/mol. The Bertz CT molecular complexity index is 613. The molecule has 0 aliphatic carbocycles. The summed E-state index contributed by atoms with van der Waals surface area (Å²) in [5, 5.41) is 2.85. The number of alkyl halides is 1. The molecule has 0 aromatic carbocycles. The second-order valence-electron chi connectivity index (χ2n) is 4.93. The quantitative estimate of drug-likeness (QED) is 0.884. The van der Waals surface area contributed by atoms with Crippen LogP contribution in [0.2, 0.25) is 0 Å². The summed E-state index contributed by atoms with van der Waals surface area (Å²) in [5.74, 6) is 0.410. The zero-order valence-corrected chi connectivity index (χ0v) is 12.3. The van der Waals surface area contributed by atoms with Gasteiger partial charge in [0, 0.05) is 49.8 Å². The molecular weight excluding hydrogens is 288 g/mol. The van der Waals surface area contributed by atoms with Gasteiger partial charge in [0.05, 0.1) is 0 Å². The third kappa shape index (κ3) is 2.74. The summed E-state index contributed by atoms with van der Waals surface area (Å²) in [6.45, 7) is 1.93. The van der Waals surface area contributed by atoms with Gasteiger partial charge >= 0.3 is 6.03 Å². The van der Waals surface area contributed by atoms with E-state index in [2.05, 4.69) is 20.9 Å².